The predicted octanol–water partition coefficient (Wildman–Crippen LogP) is 2.93. The topological polar surface area (TPSA) is 83.7 Å². The van der Waals surface area contributed by atoms with Gasteiger partial charge >= 0.3 is 5.97 Å². The third kappa shape index (κ3) is 3.39. The molecule has 1 aliphatic rings. The van der Waals surface area contributed by atoms with Crippen molar-refractivity contribution in [2.24, 2.45) is 5.92 Å². The smallest absolute Gasteiger partial charge is 0.328 e. The second-order valence-corrected chi connectivity index (χ2v) is 5.52. The number of rotatable bonds is 4. The summed E-state index contributed by atoms with van der Waals surface area (Å²) in [6.07, 6.45) is 3.34. The zero-order chi connectivity index (χ0) is 15.6. The fourth-order valence-electron chi connectivity index (χ4n) is 2.84. The van der Waals surface area contributed by atoms with E-state index in [4.69, 9.17) is 5.11 Å². The van der Waals surface area contributed by atoms with E-state index in [1.807, 2.05) is 4.90 Å². The fourth-order valence-corrected chi connectivity index (χ4v) is 2.84. The Labute approximate surface area is 122 Å². The number of benzene rings is 1. The van der Waals surface area contributed by atoms with E-state index in [1.165, 1.54) is 12.1 Å². The van der Waals surface area contributed by atoms with Gasteiger partial charge in [0.2, 0.25) is 0 Å². The van der Waals surface area contributed by atoms with Crippen molar-refractivity contribution in [1.29, 1.82) is 0 Å². The quantitative estimate of drug-likeness (QED) is 0.523. The van der Waals surface area contributed by atoms with Crippen LogP contribution < -0.4 is 4.90 Å². The van der Waals surface area contributed by atoms with Crippen molar-refractivity contribution in [2.45, 2.75) is 26.3 Å². The molecule has 112 valence electrons. The molecule has 1 heterocycles. The molecule has 1 aliphatic heterocycles. The molecule has 1 N–H and O–H groups in total. The Hall–Kier alpha value is -2.37. The summed E-state index contributed by atoms with van der Waals surface area (Å²) in [6, 6.07) is 5.09. The first kappa shape index (κ1) is 15.0. The lowest BCUT2D eigenvalue weighted by atomic mass is 10.1. The summed E-state index contributed by atoms with van der Waals surface area (Å²) >= 11 is 0. The Morgan fingerprint density at radius 2 is 2.19 bits per heavy atom. The molecule has 2 atom stereocenters. The van der Waals surface area contributed by atoms with E-state index in [-0.39, 0.29) is 11.7 Å². The van der Waals surface area contributed by atoms with Crippen molar-refractivity contribution < 1.29 is 14.8 Å². The average Bonchev–Trinajstić information content (AvgIpc) is 2.75. The van der Waals surface area contributed by atoms with E-state index < -0.39 is 10.9 Å². The number of anilines is 1. The molecule has 6 nitrogen and oxygen atoms in total. The van der Waals surface area contributed by atoms with Crippen LogP contribution >= 0.6 is 0 Å². The van der Waals surface area contributed by atoms with Crippen LogP contribution in [-0.4, -0.2) is 28.6 Å². The van der Waals surface area contributed by atoms with Crippen molar-refractivity contribution in [1.82, 2.24) is 0 Å². The number of hydrogen-bond donors (Lipinski definition) is 1. The second kappa shape index (κ2) is 5.95. The van der Waals surface area contributed by atoms with Crippen molar-refractivity contribution in [3.8, 4) is 0 Å². The van der Waals surface area contributed by atoms with Gasteiger partial charge in [0.05, 0.1) is 4.92 Å². The first-order valence-electron chi connectivity index (χ1n) is 6.84. The highest BCUT2D eigenvalue weighted by atomic mass is 16.6. The Kier molecular flexibility index (Phi) is 4.26. The van der Waals surface area contributed by atoms with Crippen molar-refractivity contribution in [2.75, 3.05) is 11.4 Å². The summed E-state index contributed by atoms with van der Waals surface area (Å²) in [6.45, 7) is 4.99. The third-order valence-electron chi connectivity index (χ3n) is 3.71. The van der Waals surface area contributed by atoms with Crippen LogP contribution in [0.4, 0.5) is 11.4 Å². The van der Waals surface area contributed by atoms with Gasteiger partial charge in [0.25, 0.3) is 5.69 Å². The monoisotopic (exact) mass is 290 g/mol. The lowest BCUT2D eigenvalue weighted by Gasteiger charge is -2.23. The highest BCUT2D eigenvalue weighted by molar-refractivity contribution is 5.85. The Morgan fingerprint density at radius 1 is 1.48 bits per heavy atom. The van der Waals surface area contributed by atoms with Crippen LogP contribution in [0.25, 0.3) is 6.08 Å². The van der Waals surface area contributed by atoms with Crippen LogP contribution in [0.1, 0.15) is 25.8 Å². The molecule has 2 unspecified atom stereocenters. The number of carboxylic acids is 1. The van der Waals surface area contributed by atoms with E-state index in [0.717, 1.165) is 19.0 Å². The molecular weight excluding hydrogens is 272 g/mol. The van der Waals surface area contributed by atoms with Crippen molar-refractivity contribution in [3.05, 3.63) is 40.0 Å². The van der Waals surface area contributed by atoms with Gasteiger partial charge in [-0.3, -0.25) is 10.1 Å². The predicted molar refractivity (Wildman–Crippen MR) is 80.4 cm³/mol. The van der Waals surface area contributed by atoms with Crippen molar-refractivity contribution in [3.63, 3.8) is 0 Å². The summed E-state index contributed by atoms with van der Waals surface area (Å²) in [4.78, 5) is 23.4. The fraction of sp³-hybridized carbons (Fsp3) is 0.400. The maximum Gasteiger partial charge on any atom is 0.328 e. The average molecular weight is 290 g/mol. The molecule has 6 heteroatoms. The molecule has 0 aromatic heterocycles. The Balaban J connectivity index is 2.38. The molecule has 1 aromatic rings. The van der Waals surface area contributed by atoms with Crippen molar-refractivity contribution >= 4 is 23.4 Å². The first-order chi connectivity index (χ1) is 9.88. The number of carbonyl (C=O) groups is 1. The minimum atomic E-state index is -1.08. The standard InChI is InChI=1S/C15H18N2O4/c1-10-7-11(2)16(9-10)13-5-3-12(4-6-15(18)19)8-14(13)17(20)21/h3-6,8,10-11H,7,9H2,1-2H3,(H,18,19)/b6-4+. The summed E-state index contributed by atoms with van der Waals surface area (Å²) in [5.74, 6) is -0.574. The SMILES string of the molecule is CC1CC(C)N(c2ccc(/C=C/C(=O)O)cc2[N+](=O)[O-])C1. The third-order valence-corrected chi connectivity index (χ3v) is 3.71. The van der Waals surface area contributed by atoms with Gasteiger partial charge in [0, 0.05) is 24.7 Å². The highest BCUT2D eigenvalue weighted by Gasteiger charge is 2.30. The van der Waals surface area contributed by atoms with Gasteiger partial charge in [0.15, 0.2) is 0 Å². The summed E-state index contributed by atoms with van der Waals surface area (Å²) in [5.41, 5.74) is 1.13. The van der Waals surface area contributed by atoms with Crippen LogP contribution in [0.15, 0.2) is 24.3 Å². The van der Waals surface area contributed by atoms with Gasteiger partial charge in [-0.2, -0.15) is 0 Å². The van der Waals surface area contributed by atoms with Crippen LogP contribution in [-0.2, 0) is 4.79 Å². The second-order valence-electron chi connectivity index (χ2n) is 5.52. The maximum atomic E-state index is 11.3. The molecule has 1 fully saturated rings. The van der Waals surface area contributed by atoms with E-state index >= 15 is 0 Å². The van der Waals surface area contributed by atoms with E-state index in [0.29, 0.717) is 17.2 Å². The van der Waals surface area contributed by atoms with Gasteiger partial charge in [0.1, 0.15) is 5.69 Å². The molecular formula is C15H18N2O4. The Morgan fingerprint density at radius 3 is 2.71 bits per heavy atom. The summed E-state index contributed by atoms with van der Waals surface area (Å²) in [5, 5.41) is 19.9. The van der Waals surface area contributed by atoms with Crippen LogP contribution in [0, 0.1) is 16.0 Å². The van der Waals surface area contributed by atoms with Gasteiger partial charge < -0.3 is 10.0 Å². The highest BCUT2D eigenvalue weighted by Crippen LogP contribution is 2.36. The summed E-state index contributed by atoms with van der Waals surface area (Å²) in [7, 11) is 0. The van der Waals surface area contributed by atoms with Gasteiger partial charge in [-0.05, 0) is 37.0 Å². The van der Waals surface area contributed by atoms with Crippen LogP contribution in [0.3, 0.4) is 0 Å². The zero-order valence-corrected chi connectivity index (χ0v) is 12.0. The largest absolute Gasteiger partial charge is 0.478 e. The molecule has 1 saturated heterocycles. The molecule has 0 aliphatic carbocycles. The van der Waals surface area contributed by atoms with Gasteiger partial charge in [-0.1, -0.05) is 13.0 Å². The zero-order valence-electron chi connectivity index (χ0n) is 12.0. The number of nitro groups is 1. The Bertz CT molecular complexity index is 597. The van der Waals surface area contributed by atoms with Crippen LogP contribution in [0.5, 0.6) is 0 Å². The molecule has 2 rings (SSSR count). The number of aliphatic carboxylic acids is 1. The minimum Gasteiger partial charge on any atom is -0.478 e. The first-order valence-corrected chi connectivity index (χ1v) is 6.84. The van der Waals surface area contributed by atoms with Gasteiger partial charge in [-0.15, -0.1) is 0 Å². The number of nitro benzene ring substituents is 1. The molecule has 0 bridgehead atoms. The van der Waals surface area contributed by atoms with Gasteiger partial charge in [-0.25, -0.2) is 4.79 Å². The van der Waals surface area contributed by atoms with Crippen LogP contribution in [0.2, 0.25) is 0 Å². The molecule has 0 radical (unpaired) electrons. The molecule has 1 aromatic carbocycles. The minimum absolute atomic E-state index is 0.0171. The number of carboxylic acid groups (broad SMARTS) is 1. The molecule has 0 saturated carbocycles. The van der Waals surface area contributed by atoms with E-state index in [9.17, 15) is 14.9 Å². The number of nitrogens with zero attached hydrogens (tertiary/aromatic N) is 2. The molecule has 21 heavy (non-hydrogen) atoms. The maximum absolute atomic E-state index is 11.3. The number of hydrogen-bond acceptors (Lipinski definition) is 4. The van der Waals surface area contributed by atoms with E-state index in [2.05, 4.69) is 13.8 Å². The van der Waals surface area contributed by atoms with E-state index in [1.54, 1.807) is 12.1 Å². The molecule has 0 amide bonds. The summed E-state index contributed by atoms with van der Waals surface area (Å²) < 4.78 is 0. The normalized spacial score (nSPS) is 21.9. The molecule has 0 spiro atoms. The lowest BCUT2D eigenvalue weighted by molar-refractivity contribution is -0.384. The lowest BCUT2D eigenvalue weighted by Crippen LogP contribution is -2.27.